The van der Waals surface area contributed by atoms with Crippen LogP contribution in [0.4, 0.5) is 0 Å². The highest BCUT2D eigenvalue weighted by molar-refractivity contribution is 6.20. The largest absolute Gasteiger partial charge is 0.272 e. The molecular weight excluding hydrogens is 184 g/mol. The summed E-state index contributed by atoms with van der Waals surface area (Å²) < 4.78 is 1.97. The van der Waals surface area contributed by atoms with Gasteiger partial charge in [0.2, 0.25) is 0 Å². The third-order valence-corrected chi connectivity index (χ3v) is 2.56. The highest BCUT2D eigenvalue weighted by Gasteiger charge is 2.06. The highest BCUT2D eigenvalue weighted by Crippen LogP contribution is 2.18. The molecule has 0 aliphatic carbocycles. The summed E-state index contributed by atoms with van der Waals surface area (Å²) in [6.07, 6.45) is 5.06. The lowest BCUT2D eigenvalue weighted by atomic mass is 10.1. The van der Waals surface area contributed by atoms with Gasteiger partial charge < -0.3 is 0 Å². The molecule has 3 heteroatoms. The zero-order valence-electron chi connectivity index (χ0n) is 8.50. The van der Waals surface area contributed by atoms with Crippen LogP contribution in [-0.2, 0) is 6.54 Å². The second-order valence-corrected chi connectivity index (χ2v) is 4.28. The van der Waals surface area contributed by atoms with Gasteiger partial charge in [-0.05, 0) is 12.8 Å². The van der Waals surface area contributed by atoms with Crippen molar-refractivity contribution in [2.45, 2.75) is 39.1 Å². The molecule has 0 fully saturated rings. The second kappa shape index (κ2) is 4.66. The van der Waals surface area contributed by atoms with Crippen molar-refractivity contribution in [1.82, 2.24) is 9.78 Å². The fraction of sp³-hybridized carbons (Fsp3) is 0.700. The number of aromatic nitrogens is 2. The summed E-state index contributed by atoms with van der Waals surface area (Å²) in [6, 6.07) is 0. The molecule has 0 aliphatic rings. The summed E-state index contributed by atoms with van der Waals surface area (Å²) >= 11 is 5.93. The van der Waals surface area contributed by atoms with E-state index in [0.717, 1.165) is 12.1 Å². The monoisotopic (exact) mass is 200 g/mol. The van der Waals surface area contributed by atoms with Crippen LogP contribution in [0.3, 0.4) is 0 Å². The molecule has 0 amide bonds. The van der Waals surface area contributed by atoms with Crippen molar-refractivity contribution >= 4 is 11.6 Å². The second-order valence-electron chi connectivity index (χ2n) is 3.63. The number of hydrogen-bond acceptors (Lipinski definition) is 1. The first kappa shape index (κ1) is 10.6. The Kier molecular flexibility index (Phi) is 3.79. The Balaban J connectivity index is 2.58. The molecule has 0 radical (unpaired) electrons. The Bertz CT molecular complexity index is 255. The van der Waals surface area contributed by atoms with Crippen LogP contribution in [0.1, 0.15) is 38.1 Å². The van der Waals surface area contributed by atoms with Crippen LogP contribution in [0.5, 0.6) is 0 Å². The zero-order chi connectivity index (χ0) is 9.84. The van der Waals surface area contributed by atoms with Crippen molar-refractivity contribution in [2.75, 3.05) is 0 Å². The highest BCUT2D eigenvalue weighted by atomic mass is 35.5. The minimum absolute atomic E-state index is 0.0608. The standard InChI is InChI=1S/C10H17ClN2/c1-4-8(2)6-13-7-10(5-12-13)9(3)11/h5,7-9H,4,6H2,1-3H3. The van der Waals surface area contributed by atoms with Crippen LogP contribution in [0.15, 0.2) is 12.4 Å². The first-order valence-corrected chi connectivity index (χ1v) is 5.23. The van der Waals surface area contributed by atoms with Crippen molar-refractivity contribution < 1.29 is 0 Å². The Hall–Kier alpha value is -0.500. The van der Waals surface area contributed by atoms with Gasteiger partial charge in [0.05, 0.1) is 11.6 Å². The van der Waals surface area contributed by atoms with Crippen LogP contribution in [0.25, 0.3) is 0 Å². The van der Waals surface area contributed by atoms with Crippen LogP contribution in [0.2, 0.25) is 0 Å². The van der Waals surface area contributed by atoms with Crippen LogP contribution in [0, 0.1) is 5.92 Å². The SMILES string of the molecule is CCC(C)Cn1cc(C(C)Cl)cn1. The minimum Gasteiger partial charge on any atom is -0.272 e. The summed E-state index contributed by atoms with van der Waals surface area (Å²) in [5.74, 6) is 0.679. The average molecular weight is 201 g/mol. The molecule has 2 unspecified atom stereocenters. The smallest absolute Gasteiger partial charge is 0.0588 e. The number of alkyl halides is 1. The number of nitrogens with zero attached hydrogens (tertiary/aromatic N) is 2. The van der Waals surface area contributed by atoms with Crippen LogP contribution < -0.4 is 0 Å². The molecule has 1 rings (SSSR count). The van der Waals surface area contributed by atoms with Crippen LogP contribution >= 0.6 is 11.6 Å². The maximum Gasteiger partial charge on any atom is 0.0588 e. The molecule has 0 spiro atoms. The van der Waals surface area contributed by atoms with Gasteiger partial charge in [-0.3, -0.25) is 4.68 Å². The Labute approximate surface area is 84.9 Å². The fourth-order valence-electron chi connectivity index (χ4n) is 1.13. The third-order valence-electron chi connectivity index (χ3n) is 2.31. The quantitative estimate of drug-likeness (QED) is 0.683. The maximum atomic E-state index is 5.93. The molecule has 1 aromatic rings. The van der Waals surface area contributed by atoms with E-state index in [0.29, 0.717) is 5.92 Å². The van der Waals surface area contributed by atoms with Gasteiger partial charge in [0.15, 0.2) is 0 Å². The first-order chi connectivity index (χ1) is 6.13. The molecule has 0 aliphatic heterocycles. The average Bonchev–Trinajstić information content (AvgIpc) is 2.52. The maximum absolute atomic E-state index is 5.93. The van der Waals surface area contributed by atoms with Crippen molar-refractivity contribution in [1.29, 1.82) is 0 Å². The van der Waals surface area contributed by atoms with Gasteiger partial charge >= 0.3 is 0 Å². The van der Waals surface area contributed by atoms with E-state index in [-0.39, 0.29) is 5.38 Å². The molecule has 13 heavy (non-hydrogen) atoms. The van der Waals surface area contributed by atoms with Gasteiger partial charge in [-0.1, -0.05) is 20.3 Å². The summed E-state index contributed by atoms with van der Waals surface area (Å²) in [6.45, 7) is 7.37. The van der Waals surface area contributed by atoms with E-state index in [1.54, 1.807) is 0 Å². The minimum atomic E-state index is 0.0608. The van der Waals surface area contributed by atoms with E-state index in [1.165, 1.54) is 6.42 Å². The lowest BCUT2D eigenvalue weighted by Gasteiger charge is -2.07. The van der Waals surface area contributed by atoms with E-state index >= 15 is 0 Å². The van der Waals surface area contributed by atoms with E-state index in [2.05, 4.69) is 18.9 Å². The first-order valence-electron chi connectivity index (χ1n) is 4.80. The molecule has 1 aromatic heterocycles. The fourth-order valence-corrected chi connectivity index (χ4v) is 1.25. The molecule has 74 valence electrons. The molecule has 0 saturated carbocycles. The number of hydrogen-bond donors (Lipinski definition) is 0. The van der Waals surface area contributed by atoms with Crippen molar-refractivity contribution in [2.24, 2.45) is 5.92 Å². The van der Waals surface area contributed by atoms with Gasteiger partial charge in [0.1, 0.15) is 0 Å². The zero-order valence-corrected chi connectivity index (χ0v) is 9.25. The van der Waals surface area contributed by atoms with Crippen LogP contribution in [-0.4, -0.2) is 9.78 Å². The van der Waals surface area contributed by atoms with E-state index in [4.69, 9.17) is 11.6 Å². The van der Waals surface area contributed by atoms with Gasteiger partial charge in [0, 0.05) is 18.3 Å². The molecule has 0 aromatic carbocycles. The normalized spacial score (nSPS) is 15.7. The molecule has 0 saturated heterocycles. The molecule has 0 bridgehead atoms. The topological polar surface area (TPSA) is 17.8 Å². The molecular formula is C10H17ClN2. The summed E-state index contributed by atoms with van der Waals surface area (Å²) in [7, 11) is 0. The van der Waals surface area contributed by atoms with Gasteiger partial charge in [-0.25, -0.2) is 0 Å². The summed E-state index contributed by atoms with van der Waals surface area (Å²) in [4.78, 5) is 0. The third kappa shape index (κ3) is 3.03. The molecule has 2 nitrogen and oxygen atoms in total. The number of halogens is 1. The summed E-state index contributed by atoms with van der Waals surface area (Å²) in [5, 5.41) is 4.32. The van der Waals surface area contributed by atoms with Gasteiger partial charge in [-0.2, -0.15) is 5.10 Å². The molecule has 1 heterocycles. The predicted molar refractivity (Wildman–Crippen MR) is 56.0 cm³/mol. The Morgan fingerprint density at radius 3 is 2.69 bits per heavy atom. The van der Waals surface area contributed by atoms with Crippen molar-refractivity contribution in [3.05, 3.63) is 18.0 Å². The van der Waals surface area contributed by atoms with Gasteiger partial charge in [0.25, 0.3) is 0 Å². The number of rotatable bonds is 4. The van der Waals surface area contributed by atoms with Crippen molar-refractivity contribution in [3.8, 4) is 0 Å². The predicted octanol–water partition coefficient (Wildman–Crippen LogP) is 3.23. The van der Waals surface area contributed by atoms with E-state index in [9.17, 15) is 0 Å². The van der Waals surface area contributed by atoms with Crippen molar-refractivity contribution in [3.63, 3.8) is 0 Å². The Morgan fingerprint density at radius 1 is 1.54 bits per heavy atom. The van der Waals surface area contributed by atoms with E-state index in [1.807, 2.05) is 24.0 Å². The molecule has 0 N–H and O–H groups in total. The summed E-state index contributed by atoms with van der Waals surface area (Å²) in [5.41, 5.74) is 1.10. The Morgan fingerprint density at radius 2 is 2.23 bits per heavy atom. The van der Waals surface area contributed by atoms with E-state index < -0.39 is 0 Å². The molecule has 2 atom stereocenters. The lowest BCUT2D eigenvalue weighted by Crippen LogP contribution is -2.06. The van der Waals surface area contributed by atoms with Gasteiger partial charge in [-0.15, -0.1) is 11.6 Å². The lowest BCUT2D eigenvalue weighted by molar-refractivity contribution is 0.439.